The number of carbonyl (C=O) groups is 1. The van der Waals surface area contributed by atoms with Crippen molar-refractivity contribution >= 4 is 39.0 Å². The third-order valence-corrected chi connectivity index (χ3v) is 3.37. The molecule has 1 N–H and O–H groups in total. The molecule has 5 heteroatoms. The third-order valence-electron chi connectivity index (χ3n) is 1.97. The largest absolute Gasteiger partial charge is 0.478 e. The molecule has 0 aliphatic heterocycles. The SMILES string of the molecule is N#Cc1cc2c(Cl)ccc(C(=O)O)c2s1. The minimum absolute atomic E-state index is 0.181. The number of halogens is 1. The summed E-state index contributed by atoms with van der Waals surface area (Å²) in [6.07, 6.45) is 0. The van der Waals surface area contributed by atoms with Crippen molar-refractivity contribution in [2.24, 2.45) is 0 Å². The van der Waals surface area contributed by atoms with E-state index in [0.717, 1.165) is 11.3 Å². The van der Waals surface area contributed by atoms with Gasteiger partial charge in [0, 0.05) is 10.4 Å². The Bertz CT molecular complexity index is 597. The lowest BCUT2D eigenvalue weighted by atomic mass is 10.1. The number of benzene rings is 1. The molecule has 0 aliphatic carbocycles. The van der Waals surface area contributed by atoms with Crippen LogP contribution in [0, 0.1) is 11.3 Å². The topological polar surface area (TPSA) is 61.1 Å². The summed E-state index contributed by atoms with van der Waals surface area (Å²) in [5.41, 5.74) is 0.181. The van der Waals surface area contributed by atoms with E-state index in [9.17, 15) is 4.79 Å². The first-order valence-electron chi connectivity index (χ1n) is 3.99. The minimum Gasteiger partial charge on any atom is -0.478 e. The van der Waals surface area contributed by atoms with E-state index >= 15 is 0 Å². The molecule has 0 saturated carbocycles. The average Bonchev–Trinajstić information content (AvgIpc) is 2.62. The lowest BCUT2D eigenvalue weighted by molar-refractivity contribution is 0.0699. The lowest BCUT2D eigenvalue weighted by Gasteiger charge is -1.97. The quantitative estimate of drug-likeness (QED) is 0.829. The number of thiophene rings is 1. The Morgan fingerprint density at radius 3 is 2.87 bits per heavy atom. The number of nitriles is 1. The molecule has 74 valence electrons. The second-order valence-corrected chi connectivity index (χ2v) is 4.32. The number of carboxylic acids is 1. The van der Waals surface area contributed by atoms with Crippen LogP contribution in [0.15, 0.2) is 18.2 Å². The van der Waals surface area contributed by atoms with Crippen LogP contribution in [0.3, 0.4) is 0 Å². The fraction of sp³-hybridized carbons (Fsp3) is 0. The highest BCUT2D eigenvalue weighted by Crippen LogP contribution is 2.33. The van der Waals surface area contributed by atoms with Gasteiger partial charge in [0.15, 0.2) is 0 Å². The summed E-state index contributed by atoms with van der Waals surface area (Å²) in [5, 5.41) is 18.8. The summed E-state index contributed by atoms with van der Waals surface area (Å²) in [7, 11) is 0. The lowest BCUT2D eigenvalue weighted by Crippen LogP contribution is -1.95. The predicted molar refractivity (Wildman–Crippen MR) is 58.5 cm³/mol. The molecule has 0 amide bonds. The average molecular weight is 238 g/mol. The molecule has 0 aliphatic rings. The van der Waals surface area contributed by atoms with E-state index in [1.165, 1.54) is 12.1 Å². The van der Waals surface area contributed by atoms with Crippen LogP contribution in [0.5, 0.6) is 0 Å². The van der Waals surface area contributed by atoms with E-state index in [2.05, 4.69) is 0 Å². The Balaban J connectivity index is 2.87. The van der Waals surface area contributed by atoms with Gasteiger partial charge in [0.05, 0.1) is 10.3 Å². The summed E-state index contributed by atoms with van der Waals surface area (Å²) in [5.74, 6) is -1.01. The van der Waals surface area contributed by atoms with Crippen molar-refractivity contribution in [1.82, 2.24) is 0 Å². The fourth-order valence-electron chi connectivity index (χ4n) is 1.31. The Hall–Kier alpha value is -1.57. The van der Waals surface area contributed by atoms with Gasteiger partial charge < -0.3 is 5.11 Å². The van der Waals surface area contributed by atoms with E-state index in [-0.39, 0.29) is 5.56 Å². The third kappa shape index (κ3) is 1.56. The van der Waals surface area contributed by atoms with E-state index in [1.54, 1.807) is 6.07 Å². The van der Waals surface area contributed by atoms with Crippen molar-refractivity contribution in [2.75, 3.05) is 0 Å². The Morgan fingerprint density at radius 1 is 1.53 bits per heavy atom. The molecular formula is C10H4ClNO2S. The van der Waals surface area contributed by atoms with Crippen LogP contribution in [0.1, 0.15) is 15.2 Å². The fourth-order valence-corrected chi connectivity index (χ4v) is 2.57. The number of nitrogens with zero attached hydrogens (tertiary/aromatic N) is 1. The number of hydrogen-bond acceptors (Lipinski definition) is 3. The van der Waals surface area contributed by atoms with Crippen LogP contribution in [0.4, 0.5) is 0 Å². The van der Waals surface area contributed by atoms with Crippen molar-refractivity contribution in [3.8, 4) is 6.07 Å². The maximum Gasteiger partial charge on any atom is 0.337 e. The van der Waals surface area contributed by atoms with E-state index < -0.39 is 5.97 Å². The maximum atomic E-state index is 10.9. The number of carboxylic acid groups (broad SMARTS) is 1. The molecule has 2 aromatic rings. The summed E-state index contributed by atoms with van der Waals surface area (Å²) >= 11 is 7.05. The van der Waals surface area contributed by atoms with Crippen LogP contribution in [-0.2, 0) is 0 Å². The highest BCUT2D eigenvalue weighted by molar-refractivity contribution is 7.20. The molecule has 0 saturated heterocycles. The van der Waals surface area contributed by atoms with Gasteiger partial charge in [-0.05, 0) is 18.2 Å². The Labute approximate surface area is 94.1 Å². The van der Waals surface area contributed by atoms with Crippen LogP contribution < -0.4 is 0 Å². The van der Waals surface area contributed by atoms with Gasteiger partial charge >= 0.3 is 5.97 Å². The molecule has 0 spiro atoms. The first kappa shape index (κ1) is 9.97. The van der Waals surface area contributed by atoms with Crippen LogP contribution in [0.25, 0.3) is 10.1 Å². The van der Waals surface area contributed by atoms with Gasteiger partial charge in [0.1, 0.15) is 10.9 Å². The first-order valence-corrected chi connectivity index (χ1v) is 5.18. The van der Waals surface area contributed by atoms with Gasteiger partial charge in [-0.25, -0.2) is 4.79 Å². The Kier molecular flexibility index (Phi) is 2.35. The number of fused-ring (bicyclic) bond motifs is 1. The predicted octanol–water partition coefficient (Wildman–Crippen LogP) is 3.12. The van der Waals surface area contributed by atoms with Gasteiger partial charge in [0.2, 0.25) is 0 Å². The summed E-state index contributed by atoms with van der Waals surface area (Å²) in [4.78, 5) is 11.4. The molecular weight excluding hydrogens is 234 g/mol. The molecule has 0 bridgehead atoms. The molecule has 0 fully saturated rings. The molecule has 1 heterocycles. The molecule has 1 aromatic heterocycles. The molecule has 0 atom stereocenters. The number of hydrogen-bond donors (Lipinski definition) is 1. The molecule has 2 rings (SSSR count). The van der Waals surface area contributed by atoms with Crippen molar-refractivity contribution in [3.63, 3.8) is 0 Å². The van der Waals surface area contributed by atoms with Crippen LogP contribution in [-0.4, -0.2) is 11.1 Å². The van der Waals surface area contributed by atoms with Crippen LogP contribution >= 0.6 is 22.9 Å². The molecule has 15 heavy (non-hydrogen) atoms. The van der Waals surface area contributed by atoms with Crippen LogP contribution in [0.2, 0.25) is 5.02 Å². The first-order chi connectivity index (χ1) is 7.13. The zero-order valence-corrected chi connectivity index (χ0v) is 8.89. The van der Waals surface area contributed by atoms with Gasteiger partial charge in [0.25, 0.3) is 0 Å². The minimum atomic E-state index is -1.01. The highest BCUT2D eigenvalue weighted by Gasteiger charge is 2.13. The van der Waals surface area contributed by atoms with Gasteiger partial charge in [-0.1, -0.05) is 11.6 Å². The zero-order valence-electron chi connectivity index (χ0n) is 7.32. The second kappa shape index (κ2) is 3.54. The molecule has 0 unspecified atom stereocenters. The van der Waals surface area contributed by atoms with E-state index in [1.807, 2.05) is 6.07 Å². The smallest absolute Gasteiger partial charge is 0.337 e. The van der Waals surface area contributed by atoms with Crippen molar-refractivity contribution < 1.29 is 9.90 Å². The second-order valence-electron chi connectivity index (χ2n) is 2.87. The van der Waals surface area contributed by atoms with Gasteiger partial charge in [-0.3, -0.25) is 0 Å². The Morgan fingerprint density at radius 2 is 2.27 bits per heavy atom. The summed E-state index contributed by atoms with van der Waals surface area (Å²) in [6, 6.07) is 6.56. The summed E-state index contributed by atoms with van der Waals surface area (Å²) < 4.78 is 0.548. The van der Waals surface area contributed by atoms with Gasteiger partial charge in [-0.15, -0.1) is 11.3 Å². The van der Waals surface area contributed by atoms with Crippen molar-refractivity contribution in [1.29, 1.82) is 5.26 Å². The molecule has 1 aromatic carbocycles. The van der Waals surface area contributed by atoms with Crippen molar-refractivity contribution in [2.45, 2.75) is 0 Å². The monoisotopic (exact) mass is 237 g/mol. The standard InChI is InChI=1S/C10H4ClNO2S/c11-8-2-1-6(10(13)14)9-7(8)3-5(4-12)15-9/h1-3H,(H,13,14). The number of aromatic carboxylic acids is 1. The van der Waals surface area contributed by atoms with E-state index in [4.69, 9.17) is 22.0 Å². The highest BCUT2D eigenvalue weighted by atomic mass is 35.5. The van der Waals surface area contributed by atoms with Gasteiger partial charge in [-0.2, -0.15) is 5.26 Å². The summed E-state index contributed by atoms with van der Waals surface area (Å²) in [6.45, 7) is 0. The normalized spacial score (nSPS) is 10.1. The number of rotatable bonds is 1. The maximum absolute atomic E-state index is 10.9. The molecule has 3 nitrogen and oxygen atoms in total. The zero-order chi connectivity index (χ0) is 11.0. The molecule has 0 radical (unpaired) electrons. The van der Waals surface area contributed by atoms with E-state index in [0.29, 0.717) is 20.0 Å². The van der Waals surface area contributed by atoms with Crippen molar-refractivity contribution in [3.05, 3.63) is 33.7 Å².